The third kappa shape index (κ3) is 2.77. The highest BCUT2D eigenvalue weighted by atomic mass is 19.2. The van der Waals surface area contributed by atoms with E-state index in [1.807, 2.05) is 0 Å². The number of halogens is 2. The Morgan fingerprint density at radius 2 is 2.05 bits per heavy atom. The van der Waals surface area contributed by atoms with Gasteiger partial charge in [0.15, 0.2) is 11.6 Å². The number of hydrogen-bond donors (Lipinski definition) is 1. The van der Waals surface area contributed by atoms with Crippen LogP contribution in [0.5, 0.6) is 0 Å². The molecule has 1 heterocycles. The zero-order valence-corrected chi connectivity index (χ0v) is 10.4. The average Bonchev–Trinajstić information content (AvgIpc) is 2.87. The molecule has 0 amide bonds. The van der Waals surface area contributed by atoms with E-state index in [4.69, 9.17) is 4.42 Å². The molecular formula is C11H10F2N4O3. The Labute approximate surface area is 111 Å². The Morgan fingerprint density at radius 3 is 2.70 bits per heavy atom. The van der Waals surface area contributed by atoms with Gasteiger partial charge < -0.3 is 9.73 Å². The predicted octanol–water partition coefficient (Wildman–Crippen LogP) is 1.68. The summed E-state index contributed by atoms with van der Waals surface area (Å²) in [6.07, 6.45) is 0.418. The molecule has 2 aromatic rings. The molecule has 1 aromatic carbocycles. The molecule has 0 saturated carbocycles. The Hall–Kier alpha value is -2.42. The fourth-order valence-corrected chi connectivity index (χ4v) is 1.55. The van der Waals surface area contributed by atoms with Crippen LogP contribution in [0.4, 0.5) is 14.5 Å². The van der Waals surface area contributed by atoms with Gasteiger partial charge in [-0.15, -0.1) is 10.2 Å². The minimum atomic E-state index is -1.31. The summed E-state index contributed by atoms with van der Waals surface area (Å²) < 4.78 is 31.5. The van der Waals surface area contributed by atoms with E-state index in [-0.39, 0.29) is 17.3 Å². The largest absolute Gasteiger partial charge is 0.420 e. The number of likely N-dealkylation sites (N-methyl/N-ethyl adjacent to an activating group) is 1. The highest BCUT2D eigenvalue weighted by Crippen LogP contribution is 2.31. The van der Waals surface area contributed by atoms with E-state index in [0.717, 1.165) is 0 Å². The van der Waals surface area contributed by atoms with Gasteiger partial charge in [0.25, 0.3) is 11.6 Å². The van der Waals surface area contributed by atoms with Crippen LogP contribution in [0.2, 0.25) is 0 Å². The normalized spacial score (nSPS) is 10.8. The molecular weight excluding hydrogens is 274 g/mol. The highest BCUT2D eigenvalue weighted by molar-refractivity contribution is 5.66. The van der Waals surface area contributed by atoms with E-state index < -0.39 is 22.2 Å². The van der Waals surface area contributed by atoms with Crippen LogP contribution >= 0.6 is 0 Å². The Bertz CT molecular complexity index is 645. The van der Waals surface area contributed by atoms with Gasteiger partial charge in [-0.25, -0.2) is 8.78 Å². The van der Waals surface area contributed by atoms with Crippen molar-refractivity contribution in [2.75, 3.05) is 13.6 Å². The zero-order valence-electron chi connectivity index (χ0n) is 10.4. The van der Waals surface area contributed by atoms with Crippen LogP contribution in [0, 0.1) is 21.7 Å². The molecule has 0 spiro atoms. The molecule has 0 bridgehead atoms. The monoisotopic (exact) mass is 284 g/mol. The van der Waals surface area contributed by atoms with Crippen LogP contribution in [-0.2, 0) is 6.42 Å². The molecule has 0 aliphatic heterocycles. The first-order valence-electron chi connectivity index (χ1n) is 5.63. The topological polar surface area (TPSA) is 94.1 Å². The zero-order chi connectivity index (χ0) is 14.7. The second-order valence-electron chi connectivity index (χ2n) is 3.90. The van der Waals surface area contributed by atoms with Gasteiger partial charge in [-0.05, 0) is 13.1 Å². The van der Waals surface area contributed by atoms with E-state index in [9.17, 15) is 18.9 Å². The first-order chi connectivity index (χ1) is 9.52. The van der Waals surface area contributed by atoms with Crippen molar-refractivity contribution in [1.29, 1.82) is 0 Å². The second-order valence-corrected chi connectivity index (χ2v) is 3.90. The van der Waals surface area contributed by atoms with Gasteiger partial charge in [-0.2, -0.15) is 0 Å². The Kier molecular flexibility index (Phi) is 3.99. The van der Waals surface area contributed by atoms with Crippen molar-refractivity contribution in [3.05, 3.63) is 39.8 Å². The lowest BCUT2D eigenvalue weighted by Gasteiger charge is -1.99. The molecule has 0 saturated heterocycles. The Morgan fingerprint density at radius 1 is 1.35 bits per heavy atom. The SMILES string of the molecule is CNCCc1nnc(-c2cc(F)c(F)cc2[N+](=O)[O-])o1. The molecule has 9 heteroatoms. The Balaban J connectivity index is 2.43. The van der Waals surface area contributed by atoms with Gasteiger partial charge in [-0.1, -0.05) is 0 Å². The van der Waals surface area contributed by atoms with Crippen molar-refractivity contribution in [3.8, 4) is 11.5 Å². The molecule has 7 nitrogen and oxygen atoms in total. The van der Waals surface area contributed by atoms with Crippen LogP contribution in [0.3, 0.4) is 0 Å². The van der Waals surface area contributed by atoms with Gasteiger partial charge >= 0.3 is 0 Å². The van der Waals surface area contributed by atoms with E-state index in [1.165, 1.54) is 0 Å². The number of nitro benzene ring substituents is 1. The molecule has 1 N–H and O–H groups in total. The molecule has 106 valence electrons. The molecule has 0 aliphatic carbocycles. The van der Waals surface area contributed by atoms with Crippen LogP contribution in [0.15, 0.2) is 16.5 Å². The maximum absolute atomic E-state index is 13.2. The van der Waals surface area contributed by atoms with Gasteiger partial charge in [0.05, 0.1) is 11.0 Å². The molecule has 0 unspecified atom stereocenters. The van der Waals surface area contributed by atoms with Crippen molar-refractivity contribution in [3.63, 3.8) is 0 Å². The van der Waals surface area contributed by atoms with E-state index in [0.29, 0.717) is 25.1 Å². The van der Waals surface area contributed by atoms with Crippen LogP contribution < -0.4 is 5.32 Å². The standard InChI is InChI=1S/C11H10F2N4O3/c1-14-3-2-10-15-16-11(20-10)6-4-7(12)8(13)5-9(6)17(18)19/h4-5,14H,2-3H2,1H3. The molecule has 1 aromatic heterocycles. The first-order valence-corrected chi connectivity index (χ1v) is 5.63. The number of nitrogens with zero attached hydrogens (tertiary/aromatic N) is 3. The first kappa shape index (κ1) is 14.0. The van der Waals surface area contributed by atoms with Crippen molar-refractivity contribution in [1.82, 2.24) is 15.5 Å². The third-order valence-electron chi connectivity index (χ3n) is 2.52. The summed E-state index contributed by atoms with van der Waals surface area (Å²) in [5.74, 6) is -2.51. The van der Waals surface area contributed by atoms with Gasteiger partial charge in [0, 0.05) is 13.0 Å². The summed E-state index contributed by atoms with van der Waals surface area (Å²) in [7, 11) is 1.73. The van der Waals surface area contributed by atoms with Gasteiger partial charge in [-0.3, -0.25) is 10.1 Å². The number of benzene rings is 1. The fraction of sp³-hybridized carbons (Fsp3) is 0.273. The van der Waals surface area contributed by atoms with Crippen molar-refractivity contribution in [2.24, 2.45) is 0 Å². The summed E-state index contributed by atoms with van der Waals surface area (Å²) in [6.45, 7) is 0.571. The lowest BCUT2D eigenvalue weighted by molar-refractivity contribution is -0.384. The molecule has 0 aliphatic rings. The third-order valence-corrected chi connectivity index (χ3v) is 2.52. The number of rotatable bonds is 5. The maximum Gasteiger partial charge on any atom is 0.285 e. The smallest absolute Gasteiger partial charge is 0.285 e. The van der Waals surface area contributed by atoms with Crippen LogP contribution in [-0.4, -0.2) is 28.7 Å². The van der Waals surface area contributed by atoms with Crippen LogP contribution in [0.25, 0.3) is 11.5 Å². The molecule has 2 rings (SSSR count). The van der Waals surface area contributed by atoms with Crippen molar-refractivity contribution >= 4 is 5.69 Å². The quantitative estimate of drug-likeness (QED) is 0.663. The van der Waals surface area contributed by atoms with E-state index in [1.54, 1.807) is 7.05 Å². The number of nitro groups is 1. The summed E-state index contributed by atoms with van der Waals surface area (Å²) >= 11 is 0. The van der Waals surface area contributed by atoms with E-state index in [2.05, 4.69) is 15.5 Å². The minimum Gasteiger partial charge on any atom is -0.420 e. The van der Waals surface area contributed by atoms with Crippen LogP contribution in [0.1, 0.15) is 5.89 Å². The molecule has 0 fully saturated rings. The number of hydrogen-bond acceptors (Lipinski definition) is 6. The molecule has 20 heavy (non-hydrogen) atoms. The predicted molar refractivity (Wildman–Crippen MR) is 63.9 cm³/mol. The highest BCUT2D eigenvalue weighted by Gasteiger charge is 2.23. The fourth-order valence-electron chi connectivity index (χ4n) is 1.55. The summed E-state index contributed by atoms with van der Waals surface area (Å²) in [6, 6.07) is 1.16. The molecule has 0 atom stereocenters. The number of nitrogens with one attached hydrogen (secondary N) is 1. The average molecular weight is 284 g/mol. The number of aromatic nitrogens is 2. The summed E-state index contributed by atoms with van der Waals surface area (Å²) in [5, 5.41) is 21.0. The molecule has 0 radical (unpaired) electrons. The van der Waals surface area contributed by atoms with Gasteiger partial charge in [0.2, 0.25) is 5.89 Å². The lowest BCUT2D eigenvalue weighted by Crippen LogP contribution is -2.10. The minimum absolute atomic E-state index is 0.221. The van der Waals surface area contributed by atoms with E-state index >= 15 is 0 Å². The van der Waals surface area contributed by atoms with Crippen molar-refractivity contribution in [2.45, 2.75) is 6.42 Å². The van der Waals surface area contributed by atoms with Crippen molar-refractivity contribution < 1.29 is 18.1 Å². The maximum atomic E-state index is 13.2. The second kappa shape index (κ2) is 5.70. The lowest BCUT2D eigenvalue weighted by atomic mass is 10.1. The summed E-state index contributed by atoms with van der Waals surface area (Å²) in [5.41, 5.74) is -0.884. The summed E-state index contributed by atoms with van der Waals surface area (Å²) in [4.78, 5) is 10.0. The van der Waals surface area contributed by atoms with Gasteiger partial charge in [0.1, 0.15) is 5.56 Å².